The van der Waals surface area contributed by atoms with Crippen molar-refractivity contribution in [1.82, 2.24) is 9.55 Å². The van der Waals surface area contributed by atoms with E-state index in [1.807, 2.05) is 23.7 Å². The van der Waals surface area contributed by atoms with Crippen LogP contribution in [0.25, 0.3) is 22.4 Å². The van der Waals surface area contributed by atoms with Crippen LogP contribution in [0.3, 0.4) is 0 Å². The predicted molar refractivity (Wildman–Crippen MR) is 75.8 cm³/mol. The summed E-state index contributed by atoms with van der Waals surface area (Å²) in [6.45, 7) is 0. The Labute approximate surface area is 119 Å². The Morgan fingerprint density at radius 1 is 1.30 bits per heavy atom. The molecular formula is C15H9ClFN3. The molecule has 5 heteroatoms. The fourth-order valence-electron chi connectivity index (χ4n) is 2.20. The Bertz CT molecular complexity index is 861. The van der Waals surface area contributed by atoms with Gasteiger partial charge in [0.25, 0.3) is 0 Å². The van der Waals surface area contributed by atoms with E-state index >= 15 is 0 Å². The van der Waals surface area contributed by atoms with Gasteiger partial charge < -0.3 is 4.57 Å². The van der Waals surface area contributed by atoms with E-state index in [0.29, 0.717) is 22.5 Å². The Morgan fingerprint density at radius 2 is 2.10 bits per heavy atom. The molecule has 0 bridgehead atoms. The van der Waals surface area contributed by atoms with Crippen LogP contribution in [0.5, 0.6) is 0 Å². The molecule has 0 spiro atoms. The Morgan fingerprint density at radius 3 is 2.80 bits per heavy atom. The first-order chi connectivity index (χ1) is 9.61. The molecule has 1 heterocycles. The van der Waals surface area contributed by atoms with Crippen LogP contribution in [0.1, 0.15) is 5.56 Å². The number of rotatable bonds is 1. The normalized spacial score (nSPS) is 10.7. The highest BCUT2D eigenvalue weighted by molar-refractivity contribution is 6.31. The SMILES string of the molecule is Cn1c(-c2ccc(F)c(Cl)c2)nc2c(C#N)cccc21. The average Bonchev–Trinajstić information content (AvgIpc) is 2.79. The van der Waals surface area contributed by atoms with Crippen molar-refractivity contribution in [3.05, 3.63) is 52.8 Å². The fraction of sp³-hybridized carbons (Fsp3) is 0.0667. The zero-order valence-corrected chi connectivity index (χ0v) is 11.3. The zero-order valence-electron chi connectivity index (χ0n) is 10.6. The number of para-hydroxylation sites is 1. The molecule has 20 heavy (non-hydrogen) atoms. The lowest BCUT2D eigenvalue weighted by Gasteiger charge is -2.03. The van der Waals surface area contributed by atoms with Crippen LogP contribution in [-0.4, -0.2) is 9.55 Å². The van der Waals surface area contributed by atoms with Crippen molar-refractivity contribution in [3.8, 4) is 17.5 Å². The largest absolute Gasteiger partial charge is 0.327 e. The van der Waals surface area contributed by atoms with E-state index in [0.717, 1.165) is 5.52 Å². The lowest BCUT2D eigenvalue weighted by atomic mass is 10.2. The molecule has 3 rings (SSSR count). The first-order valence-electron chi connectivity index (χ1n) is 5.93. The second-order valence-electron chi connectivity index (χ2n) is 4.41. The van der Waals surface area contributed by atoms with Gasteiger partial charge in [-0.05, 0) is 30.3 Å². The minimum absolute atomic E-state index is 0.0510. The minimum atomic E-state index is -0.466. The van der Waals surface area contributed by atoms with Gasteiger partial charge in [-0.1, -0.05) is 17.7 Å². The first kappa shape index (κ1) is 12.6. The Hall–Kier alpha value is -2.38. The van der Waals surface area contributed by atoms with Gasteiger partial charge in [-0.25, -0.2) is 9.37 Å². The molecule has 0 saturated heterocycles. The molecule has 3 aromatic rings. The number of hydrogen-bond acceptors (Lipinski definition) is 2. The fourth-order valence-corrected chi connectivity index (χ4v) is 2.38. The summed E-state index contributed by atoms with van der Waals surface area (Å²) in [5.41, 5.74) is 2.70. The van der Waals surface area contributed by atoms with E-state index in [1.54, 1.807) is 12.1 Å². The maximum atomic E-state index is 13.2. The molecule has 0 aliphatic rings. The van der Waals surface area contributed by atoms with Crippen molar-refractivity contribution < 1.29 is 4.39 Å². The van der Waals surface area contributed by atoms with E-state index in [9.17, 15) is 4.39 Å². The molecule has 0 saturated carbocycles. The second-order valence-corrected chi connectivity index (χ2v) is 4.82. The van der Waals surface area contributed by atoms with Gasteiger partial charge >= 0.3 is 0 Å². The summed E-state index contributed by atoms with van der Waals surface area (Å²) in [5.74, 6) is 0.177. The number of nitriles is 1. The van der Waals surface area contributed by atoms with Crippen LogP contribution in [0.4, 0.5) is 4.39 Å². The van der Waals surface area contributed by atoms with E-state index in [4.69, 9.17) is 16.9 Å². The maximum Gasteiger partial charge on any atom is 0.141 e. The maximum absolute atomic E-state index is 13.2. The average molecular weight is 286 g/mol. The van der Waals surface area contributed by atoms with Gasteiger partial charge in [0.15, 0.2) is 0 Å². The van der Waals surface area contributed by atoms with Crippen LogP contribution in [0.2, 0.25) is 5.02 Å². The third-order valence-corrected chi connectivity index (χ3v) is 3.50. The summed E-state index contributed by atoms with van der Waals surface area (Å²) >= 11 is 5.81. The Balaban J connectivity index is 2.29. The molecule has 0 atom stereocenters. The molecule has 0 aliphatic heterocycles. The summed E-state index contributed by atoms with van der Waals surface area (Å²) in [4.78, 5) is 4.48. The molecule has 0 amide bonds. The predicted octanol–water partition coefficient (Wildman–Crippen LogP) is 3.90. The summed E-state index contributed by atoms with van der Waals surface area (Å²) < 4.78 is 15.1. The molecule has 0 N–H and O–H groups in total. The van der Waals surface area contributed by atoms with Crippen LogP contribution in [-0.2, 0) is 7.05 Å². The second kappa shape index (κ2) is 4.62. The summed E-state index contributed by atoms with van der Waals surface area (Å²) in [7, 11) is 1.85. The Kier molecular flexibility index (Phi) is 2.92. The molecule has 98 valence electrons. The van der Waals surface area contributed by atoms with Crippen molar-refractivity contribution in [2.45, 2.75) is 0 Å². The highest BCUT2D eigenvalue weighted by atomic mass is 35.5. The van der Waals surface area contributed by atoms with Gasteiger partial charge in [-0.15, -0.1) is 0 Å². The number of aromatic nitrogens is 2. The summed E-state index contributed by atoms with van der Waals surface area (Å²) in [6.07, 6.45) is 0. The van der Waals surface area contributed by atoms with E-state index in [1.165, 1.54) is 12.1 Å². The van der Waals surface area contributed by atoms with Crippen molar-refractivity contribution in [2.75, 3.05) is 0 Å². The van der Waals surface area contributed by atoms with Gasteiger partial charge in [0.1, 0.15) is 23.2 Å². The third kappa shape index (κ3) is 1.84. The summed E-state index contributed by atoms with van der Waals surface area (Å²) in [6, 6.07) is 12.0. The number of halogens is 2. The summed E-state index contributed by atoms with van der Waals surface area (Å²) in [5, 5.41) is 9.17. The van der Waals surface area contributed by atoms with E-state index in [2.05, 4.69) is 11.1 Å². The lowest BCUT2D eigenvalue weighted by molar-refractivity contribution is 0.628. The molecule has 0 unspecified atom stereocenters. The molecule has 2 aromatic carbocycles. The molecule has 3 nitrogen and oxygen atoms in total. The van der Waals surface area contributed by atoms with Gasteiger partial charge in [0.05, 0.1) is 16.1 Å². The number of hydrogen-bond donors (Lipinski definition) is 0. The van der Waals surface area contributed by atoms with Crippen LogP contribution < -0.4 is 0 Å². The highest BCUT2D eigenvalue weighted by Crippen LogP contribution is 2.28. The zero-order chi connectivity index (χ0) is 14.3. The molecular weight excluding hydrogens is 277 g/mol. The van der Waals surface area contributed by atoms with Crippen molar-refractivity contribution >= 4 is 22.6 Å². The molecule has 0 radical (unpaired) electrons. The molecule has 1 aromatic heterocycles. The number of benzene rings is 2. The molecule has 0 aliphatic carbocycles. The number of fused-ring (bicyclic) bond motifs is 1. The van der Waals surface area contributed by atoms with Gasteiger partial charge in [-0.3, -0.25) is 0 Å². The molecule has 0 fully saturated rings. The standard InChI is InChI=1S/C15H9ClFN3/c1-20-13-4-2-3-10(8-18)14(13)19-15(20)9-5-6-12(17)11(16)7-9/h2-7H,1H3. The number of aryl methyl sites for hydroxylation is 1. The van der Waals surface area contributed by atoms with Gasteiger partial charge in [0, 0.05) is 12.6 Å². The quantitative estimate of drug-likeness (QED) is 0.680. The van der Waals surface area contributed by atoms with Gasteiger partial charge in [-0.2, -0.15) is 5.26 Å². The minimum Gasteiger partial charge on any atom is -0.327 e. The number of nitrogens with zero attached hydrogens (tertiary/aromatic N) is 3. The van der Waals surface area contributed by atoms with Crippen molar-refractivity contribution in [1.29, 1.82) is 5.26 Å². The third-order valence-electron chi connectivity index (χ3n) is 3.21. The van der Waals surface area contributed by atoms with Crippen LogP contribution in [0, 0.1) is 17.1 Å². The smallest absolute Gasteiger partial charge is 0.141 e. The first-order valence-corrected chi connectivity index (χ1v) is 6.30. The van der Waals surface area contributed by atoms with Crippen LogP contribution in [0.15, 0.2) is 36.4 Å². The number of imidazole rings is 1. The van der Waals surface area contributed by atoms with Crippen LogP contribution >= 0.6 is 11.6 Å². The lowest BCUT2D eigenvalue weighted by Crippen LogP contribution is -1.92. The van der Waals surface area contributed by atoms with Gasteiger partial charge in [0.2, 0.25) is 0 Å². The van der Waals surface area contributed by atoms with Crippen molar-refractivity contribution in [3.63, 3.8) is 0 Å². The van der Waals surface area contributed by atoms with E-state index < -0.39 is 5.82 Å². The highest BCUT2D eigenvalue weighted by Gasteiger charge is 2.13. The van der Waals surface area contributed by atoms with Crippen molar-refractivity contribution in [2.24, 2.45) is 7.05 Å². The van der Waals surface area contributed by atoms with E-state index in [-0.39, 0.29) is 5.02 Å². The monoisotopic (exact) mass is 285 g/mol. The topological polar surface area (TPSA) is 41.6 Å².